The van der Waals surface area contributed by atoms with Crippen LogP contribution in [0.1, 0.15) is 47.9 Å². The predicted molar refractivity (Wildman–Crippen MR) is 89.3 cm³/mol. The number of rotatable bonds is 2. The molecule has 0 bridgehead atoms. The number of hydrogen-bond donors (Lipinski definition) is 0. The monoisotopic (exact) mass is 330 g/mol. The van der Waals surface area contributed by atoms with E-state index in [-0.39, 0.29) is 12.0 Å². The van der Waals surface area contributed by atoms with Crippen LogP contribution in [0.4, 0.5) is 0 Å². The number of hydrogen-bond acceptors (Lipinski definition) is 4. The third-order valence-electron chi connectivity index (χ3n) is 5.25. The van der Waals surface area contributed by atoms with Gasteiger partial charge in [-0.05, 0) is 43.2 Å². The first-order valence-corrected chi connectivity index (χ1v) is 9.32. The van der Waals surface area contributed by atoms with Crippen molar-refractivity contribution in [2.24, 2.45) is 5.92 Å². The van der Waals surface area contributed by atoms with E-state index in [9.17, 15) is 4.79 Å². The SMILES string of the molecule is CC[C@H]1c2ccsc2CCN1C(=O)[C@H]1CCc2nnc(C)n2C1. The third kappa shape index (κ3) is 2.40. The average molecular weight is 330 g/mol. The average Bonchev–Trinajstić information content (AvgIpc) is 3.20. The highest BCUT2D eigenvalue weighted by molar-refractivity contribution is 7.10. The summed E-state index contributed by atoms with van der Waals surface area (Å²) in [5, 5.41) is 10.5. The van der Waals surface area contributed by atoms with Gasteiger partial charge in [-0.3, -0.25) is 4.79 Å². The lowest BCUT2D eigenvalue weighted by molar-refractivity contribution is -0.139. The van der Waals surface area contributed by atoms with Gasteiger partial charge in [0.25, 0.3) is 0 Å². The van der Waals surface area contributed by atoms with E-state index in [1.54, 1.807) is 0 Å². The Bertz CT molecular complexity index is 735. The molecule has 2 aliphatic heterocycles. The maximum Gasteiger partial charge on any atom is 0.228 e. The smallest absolute Gasteiger partial charge is 0.228 e. The van der Waals surface area contributed by atoms with Crippen LogP contribution in [0.5, 0.6) is 0 Å². The molecule has 0 saturated heterocycles. The van der Waals surface area contributed by atoms with Gasteiger partial charge in [-0.1, -0.05) is 6.92 Å². The van der Waals surface area contributed by atoms with Crippen molar-refractivity contribution < 1.29 is 4.79 Å². The highest BCUT2D eigenvalue weighted by Crippen LogP contribution is 2.36. The third-order valence-corrected chi connectivity index (χ3v) is 6.24. The van der Waals surface area contributed by atoms with Crippen LogP contribution < -0.4 is 0 Å². The molecule has 0 aromatic carbocycles. The maximum atomic E-state index is 13.2. The number of carbonyl (C=O) groups is 1. The zero-order valence-corrected chi connectivity index (χ0v) is 14.5. The lowest BCUT2D eigenvalue weighted by Crippen LogP contribution is -2.44. The topological polar surface area (TPSA) is 51.0 Å². The van der Waals surface area contributed by atoms with Crippen molar-refractivity contribution >= 4 is 17.2 Å². The zero-order chi connectivity index (χ0) is 16.0. The molecule has 0 N–H and O–H groups in total. The maximum absolute atomic E-state index is 13.2. The van der Waals surface area contributed by atoms with E-state index in [0.29, 0.717) is 5.91 Å². The molecule has 2 aliphatic rings. The minimum atomic E-state index is 0.0615. The van der Waals surface area contributed by atoms with Gasteiger partial charge in [-0.15, -0.1) is 21.5 Å². The lowest BCUT2D eigenvalue weighted by atomic mass is 9.92. The summed E-state index contributed by atoms with van der Waals surface area (Å²) in [5.41, 5.74) is 1.37. The molecule has 0 unspecified atom stereocenters. The Balaban J connectivity index is 1.57. The molecule has 4 rings (SSSR count). The van der Waals surface area contributed by atoms with Crippen LogP contribution in [0.25, 0.3) is 0 Å². The quantitative estimate of drug-likeness (QED) is 0.851. The van der Waals surface area contributed by atoms with E-state index >= 15 is 0 Å². The number of aromatic nitrogens is 3. The lowest BCUT2D eigenvalue weighted by Gasteiger charge is -2.38. The van der Waals surface area contributed by atoms with Crippen LogP contribution in [-0.4, -0.2) is 32.1 Å². The summed E-state index contributed by atoms with van der Waals surface area (Å²) in [5.74, 6) is 2.32. The van der Waals surface area contributed by atoms with Gasteiger partial charge in [0.05, 0.1) is 12.0 Å². The fraction of sp³-hybridized carbons (Fsp3) is 0.588. The van der Waals surface area contributed by atoms with E-state index in [4.69, 9.17) is 0 Å². The zero-order valence-electron chi connectivity index (χ0n) is 13.7. The first-order valence-electron chi connectivity index (χ1n) is 8.44. The standard InChI is InChI=1S/C17H22N4OS/c1-3-14-13-7-9-23-15(13)6-8-20(14)17(22)12-4-5-16-19-18-11(2)21(16)10-12/h7,9,12,14H,3-6,8,10H2,1-2H3/t12-,14-/m0/s1. The molecule has 0 aliphatic carbocycles. The van der Waals surface area contributed by atoms with Gasteiger partial charge in [-0.25, -0.2) is 0 Å². The summed E-state index contributed by atoms with van der Waals surface area (Å²) in [6.45, 7) is 5.74. The van der Waals surface area contributed by atoms with Gasteiger partial charge in [0.2, 0.25) is 5.91 Å². The molecule has 0 radical (unpaired) electrons. The van der Waals surface area contributed by atoms with E-state index < -0.39 is 0 Å². The number of nitrogens with zero attached hydrogens (tertiary/aromatic N) is 4. The summed E-state index contributed by atoms with van der Waals surface area (Å²) in [4.78, 5) is 16.8. The number of thiophene rings is 1. The van der Waals surface area contributed by atoms with Crippen LogP contribution in [-0.2, 0) is 24.2 Å². The molecule has 2 aromatic heterocycles. The normalized spacial score (nSPS) is 23.5. The van der Waals surface area contributed by atoms with Crippen molar-refractivity contribution in [3.63, 3.8) is 0 Å². The second-order valence-corrected chi connectivity index (χ2v) is 7.52. The molecule has 0 spiro atoms. The summed E-state index contributed by atoms with van der Waals surface area (Å²) in [6, 6.07) is 2.46. The van der Waals surface area contributed by atoms with Crippen LogP contribution in [0.2, 0.25) is 0 Å². The molecule has 1 amide bonds. The molecule has 0 fully saturated rings. The number of aryl methyl sites for hydroxylation is 2. The summed E-state index contributed by atoms with van der Waals surface area (Å²) >= 11 is 1.83. The largest absolute Gasteiger partial charge is 0.335 e. The van der Waals surface area contributed by atoms with E-state index in [0.717, 1.165) is 50.4 Å². The second-order valence-electron chi connectivity index (χ2n) is 6.51. The van der Waals surface area contributed by atoms with Crippen molar-refractivity contribution in [2.75, 3.05) is 6.54 Å². The minimum absolute atomic E-state index is 0.0615. The summed E-state index contributed by atoms with van der Waals surface area (Å²) < 4.78 is 2.12. The molecule has 23 heavy (non-hydrogen) atoms. The van der Waals surface area contributed by atoms with Crippen molar-refractivity contribution in [1.82, 2.24) is 19.7 Å². The first-order chi connectivity index (χ1) is 11.2. The molecular formula is C17H22N4OS. The summed E-state index contributed by atoms with van der Waals surface area (Å²) in [6.07, 6.45) is 3.73. The Hall–Kier alpha value is -1.69. The van der Waals surface area contributed by atoms with Crippen LogP contribution in [0, 0.1) is 12.8 Å². The van der Waals surface area contributed by atoms with Gasteiger partial charge in [0.15, 0.2) is 0 Å². The van der Waals surface area contributed by atoms with E-state index in [1.807, 2.05) is 18.3 Å². The van der Waals surface area contributed by atoms with Gasteiger partial charge < -0.3 is 9.47 Å². The fourth-order valence-electron chi connectivity index (χ4n) is 4.00. The number of carbonyl (C=O) groups excluding carboxylic acids is 1. The van der Waals surface area contributed by atoms with Crippen molar-refractivity contribution in [2.45, 2.75) is 52.1 Å². The molecule has 2 aromatic rings. The van der Waals surface area contributed by atoms with Gasteiger partial charge >= 0.3 is 0 Å². The Labute approximate surface area is 140 Å². The Morgan fingerprint density at radius 3 is 3.09 bits per heavy atom. The molecule has 122 valence electrons. The fourth-order valence-corrected chi connectivity index (χ4v) is 4.93. The number of amides is 1. The first kappa shape index (κ1) is 14.9. The molecule has 4 heterocycles. The van der Waals surface area contributed by atoms with E-state index in [2.05, 4.69) is 38.0 Å². The van der Waals surface area contributed by atoms with Crippen LogP contribution >= 0.6 is 11.3 Å². The molecule has 6 heteroatoms. The molecular weight excluding hydrogens is 308 g/mol. The molecule has 0 saturated carbocycles. The minimum Gasteiger partial charge on any atom is -0.335 e. The van der Waals surface area contributed by atoms with Crippen molar-refractivity contribution in [3.8, 4) is 0 Å². The number of fused-ring (bicyclic) bond motifs is 2. The van der Waals surface area contributed by atoms with E-state index in [1.165, 1.54) is 10.4 Å². The second kappa shape index (κ2) is 5.74. The molecule has 2 atom stereocenters. The van der Waals surface area contributed by atoms with Gasteiger partial charge in [-0.2, -0.15) is 0 Å². The Morgan fingerprint density at radius 1 is 1.39 bits per heavy atom. The van der Waals surface area contributed by atoms with Crippen LogP contribution in [0.3, 0.4) is 0 Å². The highest BCUT2D eigenvalue weighted by atomic mass is 32.1. The Kier molecular flexibility index (Phi) is 3.71. The predicted octanol–water partition coefficient (Wildman–Crippen LogP) is 2.75. The van der Waals surface area contributed by atoms with Crippen molar-refractivity contribution in [1.29, 1.82) is 0 Å². The summed E-state index contributed by atoms with van der Waals surface area (Å²) in [7, 11) is 0. The molecule has 5 nitrogen and oxygen atoms in total. The highest BCUT2D eigenvalue weighted by Gasteiger charge is 2.35. The van der Waals surface area contributed by atoms with Crippen LogP contribution in [0.15, 0.2) is 11.4 Å². The van der Waals surface area contributed by atoms with Gasteiger partial charge in [0.1, 0.15) is 11.6 Å². The van der Waals surface area contributed by atoms with Gasteiger partial charge in [0, 0.05) is 24.4 Å². The van der Waals surface area contributed by atoms with Crippen molar-refractivity contribution in [3.05, 3.63) is 33.5 Å². The Morgan fingerprint density at radius 2 is 2.26 bits per heavy atom.